The third-order valence-corrected chi connectivity index (χ3v) is 13.6. The van der Waals surface area contributed by atoms with Crippen molar-refractivity contribution >= 4 is 39.8 Å². The summed E-state index contributed by atoms with van der Waals surface area (Å²) in [4.78, 5) is 2.28. The largest absolute Gasteiger partial charge is 0.489 e. The molecule has 0 fully saturated rings. The maximum atomic E-state index is 6.75. The molecule has 0 spiro atoms. The van der Waals surface area contributed by atoms with E-state index in [0.717, 1.165) is 61.8 Å². The fraction of sp³-hybridized carbons (Fsp3) is 0.368. The fourth-order valence-corrected chi connectivity index (χ4v) is 10.7. The Morgan fingerprint density at radius 2 is 0.921 bits per heavy atom. The molecule has 326 valence electrons. The number of hydrogen-bond donors (Lipinski definition) is 0. The smallest absolute Gasteiger partial charge is 0.171 e. The van der Waals surface area contributed by atoms with Crippen LogP contribution >= 0.6 is 11.7 Å². The fourth-order valence-electron chi connectivity index (χ4n) is 10.1. The van der Waals surface area contributed by atoms with Gasteiger partial charge in [0, 0.05) is 22.5 Å². The van der Waals surface area contributed by atoms with Gasteiger partial charge in [-0.05, 0) is 103 Å². The lowest BCUT2D eigenvalue weighted by Crippen LogP contribution is -2.25. The van der Waals surface area contributed by atoms with Crippen LogP contribution in [0.15, 0.2) is 127 Å². The molecule has 0 atom stereocenters. The van der Waals surface area contributed by atoms with Crippen molar-refractivity contribution in [3.8, 4) is 44.9 Å². The number of nitrogens with zero attached hydrogens (tertiary/aromatic N) is 3. The minimum absolute atomic E-state index is 0.0412. The van der Waals surface area contributed by atoms with Crippen molar-refractivity contribution in [2.45, 2.75) is 123 Å². The summed E-state index contributed by atoms with van der Waals surface area (Å²) in [6, 6.07) is 46.3. The first-order valence-electron chi connectivity index (χ1n) is 24.0. The number of aromatic nitrogens is 2. The van der Waals surface area contributed by atoms with E-state index in [0.29, 0.717) is 13.2 Å². The first-order chi connectivity index (χ1) is 31.1. The number of ether oxygens (including phenoxy) is 2. The summed E-state index contributed by atoms with van der Waals surface area (Å²) in [6.07, 6.45) is 17.9. The summed E-state index contributed by atoms with van der Waals surface area (Å²) in [5, 5.41) is 0. The van der Waals surface area contributed by atoms with Crippen LogP contribution in [0.5, 0.6) is 11.5 Å². The van der Waals surface area contributed by atoms with Crippen LogP contribution in [0.3, 0.4) is 0 Å². The van der Waals surface area contributed by atoms with Gasteiger partial charge in [0.05, 0.1) is 36.1 Å². The van der Waals surface area contributed by atoms with E-state index in [1.54, 1.807) is 0 Å². The van der Waals surface area contributed by atoms with Gasteiger partial charge in [0.1, 0.15) is 11.0 Å². The Bertz CT molecular complexity index is 2480. The van der Waals surface area contributed by atoms with Crippen molar-refractivity contribution in [2.75, 3.05) is 18.1 Å². The second kappa shape index (κ2) is 21.3. The number of para-hydroxylation sites is 2. The Labute approximate surface area is 380 Å². The van der Waals surface area contributed by atoms with Gasteiger partial charge in [-0.1, -0.05) is 176 Å². The van der Waals surface area contributed by atoms with E-state index in [2.05, 4.69) is 160 Å². The summed E-state index contributed by atoms with van der Waals surface area (Å²) in [6.45, 7) is 9.71. The zero-order valence-corrected chi connectivity index (χ0v) is 38.8. The van der Waals surface area contributed by atoms with Gasteiger partial charge in [0.2, 0.25) is 0 Å². The maximum absolute atomic E-state index is 6.75. The molecule has 0 aliphatic heterocycles. The third-order valence-electron chi connectivity index (χ3n) is 13.1. The molecular formula is C57H65N3O2S. The van der Waals surface area contributed by atoms with Crippen molar-refractivity contribution < 1.29 is 9.47 Å². The van der Waals surface area contributed by atoms with E-state index in [-0.39, 0.29) is 5.41 Å². The molecule has 0 amide bonds. The minimum atomic E-state index is -0.0412. The number of benzene rings is 6. The van der Waals surface area contributed by atoms with Crippen LogP contribution in [-0.4, -0.2) is 22.0 Å². The molecule has 6 aromatic carbocycles. The first kappa shape index (κ1) is 44.2. The van der Waals surface area contributed by atoms with Crippen LogP contribution in [0.1, 0.15) is 129 Å². The number of fused-ring (bicyclic) bond motifs is 4. The van der Waals surface area contributed by atoms with Crippen LogP contribution in [0.4, 0.5) is 17.1 Å². The van der Waals surface area contributed by atoms with E-state index in [1.165, 1.54) is 124 Å². The molecule has 1 aliphatic carbocycles. The quantitative estimate of drug-likeness (QED) is 0.0600. The Balaban J connectivity index is 1.24. The molecule has 8 rings (SSSR count). The number of hydrogen-bond acceptors (Lipinski definition) is 6. The van der Waals surface area contributed by atoms with Crippen molar-refractivity contribution in [1.29, 1.82) is 0 Å². The highest BCUT2D eigenvalue weighted by Crippen LogP contribution is 2.57. The summed E-state index contributed by atoms with van der Waals surface area (Å²) in [5.74, 6) is 1.46. The lowest BCUT2D eigenvalue weighted by atomic mass is 9.70. The summed E-state index contributed by atoms with van der Waals surface area (Å²) in [5.41, 5.74) is 14.7. The molecule has 1 aromatic heterocycles. The summed E-state index contributed by atoms with van der Waals surface area (Å²) in [7, 11) is 0. The second-order valence-corrected chi connectivity index (χ2v) is 17.7. The average Bonchev–Trinajstić information content (AvgIpc) is 3.91. The lowest BCUT2D eigenvalue weighted by Gasteiger charge is -2.33. The predicted octanol–water partition coefficient (Wildman–Crippen LogP) is 17.1. The topological polar surface area (TPSA) is 47.5 Å². The first-order valence-corrected chi connectivity index (χ1v) is 24.7. The highest BCUT2D eigenvalue weighted by Gasteiger charge is 2.42. The Morgan fingerprint density at radius 3 is 1.48 bits per heavy atom. The van der Waals surface area contributed by atoms with Crippen molar-refractivity contribution in [1.82, 2.24) is 8.75 Å². The van der Waals surface area contributed by atoms with Crippen LogP contribution in [0.25, 0.3) is 44.4 Å². The standard InChI is InChI=1S/C57H65N3O2S/c1-5-9-11-13-15-25-39-57(40-26-16-14-12-10-6-2)49-32-24-23-31-47(49)48-38-35-43(41-50(48)57)52-54-53(58-63-59-54)51(55(61-7-3)56(52)62-8-4)42-33-36-46(37-34-42)60(44-27-19-17-20-28-44)45-29-21-18-22-30-45/h17-24,27-38,41H,5-16,25-26,39-40H2,1-4H3. The Morgan fingerprint density at radius 1 is 0.460 bits per heavy atom. The molecule has 1 aliphatic rings. The Hall–Kier alpha value is -5.46. The number of rotatable bonds is 23. The molecule has 6 heteroatoms. The summed E-state index contributed by atoms with van der Waals surface area (Å²) >= 11 is 1.26. The van der Waals surface area contributed by atoms with E-state index in [4.69, 9.17) is 18.2 Å². The van der Waals surface area contributed by atoms with Crippen molar-refractivity contribution in [3.05, 3.63) is 139 Å². The molecule has 1 heterocycles. The third kappa shape index (κ3) is 9.29. The second-order valence-electron chi connectivity index (χ2n) is 17.2. The molecule has 0 N–H and O–H groups in total. The molecule has 5 nitrogen and oxygen atoms in total. The molecule has 0 saturated heterocycles. The zero-order valence-electron chi connectivity index (χ0n) is 38.0. The summed E-state index contributed by atoms with van der Waals surface area (Å²) < 4.78 is 23.6. The number of unbranched alkanes of at least 4 members (excludes halogenated alkanes) is 10. The predicted molar refractivity (Wildman–Crippen MR) is 268 cm³/mol. The molecule has 0 radical (unpaired) electrons. The average molecular weight is 856 g/mol. The van der Waals surface area contributed by atoms with E-state index in [9.17, 15) is 0 Å². The highest BCUT2D eigenvalue weighted by molar-refractivity contribution is 7.00. The highest BCUT2D eigenvalue weighted by atomic mass is 32.1. The van der Waals surface area contributed by atoms with E-state index in [1.807, 2.05) is 0 Å². The van der Waals surface area contributed by atoms with Crippen molar-refractivity contribution in [2.24, 2.45) is 0 Å². The monoisotopic (exact) mass is 855 g/mol. The SMILES string of the molecule is CCCCCCCCC1(CCCCCCCC)c2ccccc2-c2ccc(-c3c(OCC)c(OCC)c(-c4ccc(N(c5ccccc5)c5ccccc5)cc4)c4nsnc34)cc21. The van der Waals surface area contributed by atoms with Gasteiger partial charge in [-0.3, -0.25) is 0 Å². The molecule has 0 saturated carbocycles. The van der Waals surface area contributed by atoms with Crippen LogP contribution in [0, 0.1) is 0 Å². The molecular weight excluding hydrogens is 791 g/mol. The Kier molecular flexibility index (Phi) is 14.9. The number of anilines is 3. The molecule has 63 heavy (non-hydrogen) atoms. The lowest BCUT2D eigenvalue weighted by molar-refractivity contribution is 0.290. The molecule has 7 aromatic rings. The van der Waals surface area contributed by atoms with E-state index < -0.39 is 0 Å². The van der Waals surface area contributed by atoms with Gasteiger partial charge in [-0.15, -0.1) is 0 Å². The van der Waals surface area contributed by atoms with Gasteiger partial charge in [-0.2, -0.15) is 8.75 Å². The van der Waals surface area contributed by atoms with Gasteiger partial charge in [0.25, 0.3) is 0 Å². The van der Waals surface area contributed by atoms with Gasteiger partial charge < -0.3 is 14.4 Å². The molecule has 0 unspecified atom stereocenters. The van der Waals surface area contributed by atoms with Gasteiger partial charge >= 0.3 is 0 Å². The zero-order chi connectivity index (χ0) is 43.4. The molecule has 0 bridgehead atoms. The van der Waals surface area contributed by atoms with E-state index >= 15 is 0 Å². The normalized spacial score (nSPS) is 12.6. The van der Waals surface area contributed by atoms with Crippen LogP contribution < -0.4 is 14.4 Å². The van der Waals surface area contributed by atoms with Gasteiger partial charge in [0.15, 0.2) is 11.5 Å². The van der Waals surface area contributed by atoms with Gasteiger partial charge in [-0.25, -0.2) is 0 Å². The maximum Gasteiger partial charge on any atom is 0.171 e. The van der Waals surface area contributed by atoms with Crippen LogP contribution in [0.2, 0.25) is 0 Å². The van der Waals surface area contributed by atoms with Crippen molar-refractivity contribution in [3.63, 3.8) is 0 Å². The van der Waals surface area contributed by atoms with Crippen LogP contribution in [-0.2, 0) is 5.41 Å². The minimum Gasteiger partial charge on any atom is -0.489 e.